The largest absolute Gasteiger partial charge is 0.495 e. The van der Waals surface area contributed by atoms with Crippen LogP contribution in [0.25, 0.3) is 33.5 Å². The van der Waals surface area contributed by atoms with Gasteiger partial charge in [0.1, 0.15) is 29.0 Å². The average Bonchev–Trinajstić information content (AvgIpc) is 3.12. The SMILES string of the molecule is CCn1cc(-c2ncnc3cc(OC)cnc23)c(-c2ccccc2)n1. The van der Waals surface area contributed by atoms with E-state index >= 15 is 0 Å². The highest BCUT2D eigenvalue weighted by Gasteiger charge is 2.17. The molecular formula is C19H17N5O. The molecule has 0 saturated carbocycles. The fourth-order valence-electron chi connectivity index (χ4n) is 2.80. The Labute approximate surface area is 145 Å². The van der Waals surface area contributed by atoms with Crippen LogP contribution in [0.4, 0.5) is 0 Å². The molecule has 3 aromatic heterocycles. The second-order valence-electron chi connectivity index (χ2n) is 5.58. The lowest BCUT2D eigenvalue weighted by Gasteiger charge is -2.06. The molecule has 0 spiro atoms. The normalized spacial score (nSPS) is 11.0. The highest BCUT2D eigenvalue weighted by Crippen LogP contribution is 2.33. The Kier molecular flexibility index (Phi) is 3.85. The number of benzene rings is 1. The van der Waals surface area contributed by atoms with E-state index in [4.69, 9.17) is 9.84 Å². The van der Waals surface area contributed by atoms with Gasteiger partial charge in [-0.15, -0.1) is 0 Å². The van der Waals surface area contributed by atoms with E-state index < -0.39 is 0 Å². The van der Waals surface area contributed by atoms with Crippen molar-refractivity contribution in [2.45, 2.75) is 13.5 Å². The van der Waals surface area contributed by atoms with E-state index in [-0.39, 0.29) is 0 Å². The van der Waals surface area contributed by atoms with Crippen molar-refractivity contribution < 1.29 is 4.74 Å². The summed E-state index contributed by atoms with van der Waals surface area (Å²) in [5, 5.41) is 4.72. The Morgan fingerprint density at radius 3 is 2.64 bits per heavy atom. The van der Waals surface area contributed by atoms with Crippen LogP contribution in [-0.2, 0) is 6.54 Å². The molecule has 3 heterocycles. The molecular weight excluding hydrogens is 314 g/mol. The first-order valence-electron chi connectivity index (χ1n) is 8.08. The summed E-state index contributed by atoms with van der Waals surface area (Å²) in [5.41, 5.74) is 5.12. The predicted octanol–water partition coefficient (Wildman–Crippen LogP) is 3.58. The van der Waals surface area contributed by atoms with E-state index in [2.05, 4.69) is 21.9 Å². The van der Waals surface area contributed by atoms with Crippen LogP contribution in [-0.4, -0.2) is 31.8 Å². The van der Waals surface area contributed by atoms with E-state index in [1.165, 1.54) is 0 Å². The van der Waals surface area contributed by atoms with Crippen LogP contribution in [0.15, 0.2) is 55.1 Å². The van der Waals surface area contributed by atoms with Crippen LogP contribution in [0.2, 0.25) is 0 Å². The van der Waals surface area contributed by atoms with Gasteiger partial charge in [-0.2, -0.15) is 5.10 Å². The third-order valence-electron chi connectivity index (χ3n) is 4.07. The fourth-order valence-corrected chi connectivity index (χ4v) is 2.80. The smallest absolute Gasteiger partial charge is 0.139 e. The molecule has 4 rings (SSSR count). The number of ether oxygens (including phenoxy) is 1. The standard InChI is InChI=1S/C19H17N5O/c1-3-24-11-15(17(23-24)13-7-5-4-6-8-13)18-19-16(21-12-22-18)9-14(25-2)10-20-19/h4-12H,3H2,1-2H3. The number of hydrogen-bond acceptors (Lipinski definition) is 5. The molecule has 0 bridgehead atoms. The summed E-state index contributed by atoms with van der Waals surface area (Å²) < 4.78 is 7.15. The lowest BCUT2D eigenvalue weighted by Crippen LogP contribution is -1.93. The highest BCUT2D eigenvalue weighted by molar-refractivity contribution is 5.93. The van der Waals surface area contributed by atoms with E-state index in [0.29, 0.717) is 5.75 Å². The number of methoxy groups -OCH3 is 1. The fraction of sp³-hybridized carbons (Fsp3) is 0.158. The molecule has 0 fully saturated rings. The van der Waals surface area contributed by atoms with Crippen LogP contribution in [0.1, 0.15) is 6.92 Å². The van der Waals surface area contributed by atoms with Crippen LogP contribution in [0.3, 0.4) is 0 Å². The predicted molar refractivity (Wildman–Crippen MR) is 96.2 cm³/mol. The first kappa shape index (κ1) is 15.3. The molecule has 0 N–H and O–H groups in total. The molecule has 0 amide bonds. The van der Waals surface area contributed by atoms with Gasteiger partial charge in [0, 0.05) is 29.9 Å². The Bertz CT molecular complexity index is 1030. The van der Waals surface area contributed by atoms with Gasteiger partial charge in [0.15, 0.2) is 0 Å². The first-order chi connectivity index (χ1) is 12.3. The molecule has 6 nitrogen and oxygen atoms in total. The zero-order valence-electron chi connectivity index (χ0n) is 14.0. The highest BCUT2D eigenvalue weighted by atomic mass is 16.5. The quantitative estimate of drug-likeness (QED) is 0.572. The minimum absolute atomic E-state index is 0.671. The molecule has 0 atom stereocenters. The van der Waals surface area contributed by atoms with Gasteiger partial charge in [-0.3, -0.25) is 4.68 Å². The molecule has 0 aliphatic carbocycles. The Morgan fingerprint density at radius 1 is 1.04 bits per heavy atom. The van der Waals surface area contributed by atoms with Crippen molar-refractivity contribution in [3.05, 3.63) is 55.1 Å². The summed E-state index contributed by atoms with van der Waals surface area (Å²) in [7, 11) is 1.61. The molecule has 0 saturated heterocycles. The maximum atomic E-state index is 5.24. The minimum Gasteiger partial charge on any atom is -0.495 e. The number of aryl methyl sites for hydroxylation is 1. The van der Waals surface area contributed by atoms with Crippen molar-refractivity contribution in [2.75, 3.05) is 7.11 Å². The molecule has 0 aliphatic rings. The lowest BCUT2D eigenvalue weighted by atomic mass is 10.0. The van der Waals surface area contributed by atoms with E-state index in [9.17, 15) is 0 Å². The van der Waals surface area contributed by atoms with Gasteiger partial charge in [-0.25, -0.2) is 15.0 Å². The molecule has 0 radical (unpaired) electrons. The van der Waals surface area contributed by atoms with Crippen LogP contribution < -0.4 is 4.74 Å². The van der Waals surface area contributed by atoms with Crippen molar-refractivity contribution in [2.24, 2.45) is 0 Å². The van der Waals surface area contributed by atoms with Gasteiger partial charge in [-0.05, 0) is 6.92 Å². The molecule has 25 heavy (non-hydrogen) atoms. The minimum atomic E-state index is 0.671. The van der Waals surface area contributed by atoms with E-state index in [0.717, 1.165) is 40.1 Å². The van der Waals surface area contributed by atoms with E-state index in [1.807, 2.05) is 47.3 Å². The van der Waals surface area contributed by atoms with Crippen molar-refractivity contribution in [3.63, 3.8) is 0 Å². The Balaban J connectivity index is 1.96. The van der Waals surface area contributed by atoms with E-state index in [1.54, 1.807) is 19.6 Å². The zero-order chi connectivity index (χ0) is 17.2. The molecule has 1 aromatic carbocycles. The Hall–Kier alpha value is -3.28. The molecule has 6 heteroatoms. The van der Waals surface area contributed by atoms with Gasteiger partial charge < -0.3 is 4.74 Å². The zero-order valence-corrected chi connectivity index (χ0v) is 14.0. The topological polar surface area (TPSA) is 65.7 Å². The van der Waals surface area contributed by atoms with Crippen molar-refractivity contribution >= 4 is 11.0 Å². The van der Waals surface area contributed by atoms with Crippen molar-refractivity contribution in [1.82, 2.24) is 24.7 Å². The maximum absolute atomic E-state index is 5.24. The number of nitrogens with zero attached hydrogens (tertiary/aromatic N) is 5. The van der Waals surface area contributed by atoms with Crippen molar-refractivity contribution in [1.29, 1.82) is 0 Å². The first-order valence-corrected chi connectivity index (χ1v) is 8.08. The lowest BCUT2D eigenvalue weighted by molar-refractivity contribution is 0.413. The summed E-state index contributed by atoms with van der Waals surface area (Å²) in [4.78, 5) is 13.3. The summed E-state index contributed by atoms with van der Waals surface area (Å²) in [6.07, 6.45) is 5.24. The number of hydrogen-bond donors (Lipinski definition) is 0. The third-order valence-corrected chi connectivity index (χ3v) is 4.07. The van der Waals surface area contributed by atoms with Crippen molar-refractivity contribution in [3.8, 4) is 28.3 Å². The van der Waals surface area contributed by atoms with Gasteiger partial charge >= 0.3 is 0 Å². The molecule has 124 valence electrons. The average molecular weight is 331 g/mol. The molecule has 0 aliphatic heterocycles. The second-order valence-corrected chi connectivity index (χ2v) is 5.58. The molecule has 0 unspecified atom stereocenters. The molecule has 4 aromatic rings. The number of fused-ring (bicyclic) bond motifs is 1. The summed E-state index contributed by atoms with van der Waals surface area (Å²) in [6, 6.07) is 12.0. The second kappa shape index (κ2) is 6.32. The third kappa shape index (κ3) is 2.71. The summed E-state index contributed by atoms with van der Waals surface area (Å²) >= 11 is 0. The maximum Gasteiger partial charge on any atom is 0.139 e. The van der Waals surface area contributed by atoms with Crippen LogP contribution in [0, 0.1) is 0 Å². The monoisotopic (exact) mass is 331 g/mol. The van der Waals surface area contributed by atoms with Gasteiger partial charge in [-0.1, -0.05) is 30.3 Å². The van der Waals surface area contributed by atoms with Gasteiger partial charge in [0.05, 0.1) is 18.8 Å². The number of pyridine rings is 1. The van der Waals surface area contributed by atoms with Crippen LogP contribution in [0.5, 0.6) is 5.75 Å². The summed E-state index contributed by atoms with van der Waals surface area (Å²) in [6.45, 7) is 2.84. The number of aromatic nitrogens is 5. The summed E-state index contributed by atoms with van der Waals surface area (Å²) in [5.74, 6) is 0.671. The number of rotatable bonds is 4. The van der Waals surface area contributed by atoms with Crippen LogP contribution >= 0.6 is 0 Å². The van der Waals surface area contributed by atoms with Gasteiger partial charge in [0.2, 0.25) is 0 Å². The Morgan fingerprint density at radius 2 is 1.88 bits per heavy atom. The van der Waals surface area contributed by atoms with Gasteiger partial charge in [0.25, 0.3) is 0 Å².